The Kier molecular flexibility index (Phi) is 3.85. The summed E-state index contributed by atoms with van der Waals surface area (Å²) in [5.74, 6) is -0.144. The van der Waals surface area contributed by atoms with Crippen molar-refractivity contribution < 1.29 is 23.5 Å². The minimum absolute atomic E-state index is 0.385. The van der Waals surface area contributed by atoms with Crippen LogP contribution in [0.4, 0.5) is 0 Å². The van der Waals surface area contributed by atoms with Crippen molar-refractivity contribution in [1.82, 2.24) is 0 Å². The summed E-state index contributed by atoms with van der Waals surface area (Å²) in [7, 11) is 2.68. The molecule has 0 unspecified atom stereocenters. The first kappa shape index (κ1) is 14.8. The molecule has 3 rings (SSSR count). The molecule has 3 aromatic rings. The summed E-state index contributed by atoms with van der Waals surface area (Å²) in [6, 6.07) is 13.9. The zero-order chi connectivity index (χ0) is 16.4. The number of carbonyl (C=O) groups is 2. The van der Waals surface area contributed by atoms with Crippen LogP contribution in [-0.2, 0) is 9.47 Å². The van der Waals surface area contributed by atoms with E-state index in [1.165, 1.54) is 14.2 Å². The van der Waals surface area contributed by atoms with E-state index >= 15 is 0 Å². The summed E-state index contributed by atoms with van der Waals surface area (Å²) >= 11 is 0. The van der Waals surface area contributed by atoms with Gasteiger partial charge in [0.2, 0.25) is 0 Å². The third kappa shape index (κ3) is 2.81. The lowest BCUT2D eigenvalue weighted by molar-refractivity contribution is 0.0592. The van der Waals surface area contributed by atoms with Crippen LogP contribution in [0.3, 0.4) is 0 Å². The SMILES string of the molecule is COC(=O)c1ccc(-c2cc3ccc(C(=O)OC)cc3o2)cc1. The van der Waals surface area contributed by atoms with Gasteiger partial charge in [0.05, 0.1) is 25.3 Å². The average Bonchev–Trinajstić information content (AvgIpc) is 3.03. The highest BCUT2D eigenvalue weighted by Gasteiger charge is 2.11. The second-order valence-corrected chi connectivity index (χ2v) is 4.92. The zero-order valence-corrected chi connectivity index (χ0v) is 12.7. The van der Waals surface area contributed by atoms with Crippen molar-refractivity contribution in [3.63, 3.8) is 0 Å². The van der Waals surface area contributed by atoms with Crippen molar-refractivity contribution in [3.8, 4) is 11.3 Å². The van der Waals surface area contributed by atoms with Crippen molar-refractivity contribution in [3.05, 3.63) is 59.7 Å². The van der Waals surface area contributed by atoms with E-state index in [1.807, 2.05) is 6.07 Å². The Morgan fingerprint density at radius 3 is 2.09 bits per heavy atom. The van der Waals surface area contributed by atoms with E-state index in [4.69, 9.17) is 9.15 Å². The van der Waals surface area contributed by atoms with Crippen LogP contribution in [0, 0.1) is 0 Å². The van der Waals surface area contributed by atoms with Crippen LogP contribution in [0.2, 0.25) is 0 Å². The molecule has 0 aliphatic heterocycles. The van der Waals surface area contributed by atoms with Gasteiger partial charge in [0.25, 0.3) is 0 Å². The fourth-order valence-electron chi connectivity index (χ4n) is 2.31. The topological polar surface area (TPSA) is 65.7 Å². The third-order valence-electron chi connectivity index (χ3n) is 3.53. The molecular weight excluding hydrogens is 296 g/mol. The summed E-state index contributed by atoms with van der Waals surface area (Å²) in [6.45, 7) is 0. The fraction of sp³-hybridized carbons (Fsp3) is 0.111. The van der Waals surface area contributed by atoms with Crippen LogP contribution in [0.25, 0.3) is 22.3 Å². The van der Waals surface area contributed by atoms with Crippen molar-refractivity contribution in [2.75, 3.05) is 14.2 Å². The van der Waals surface area contributed by atoms with Crippen LogP contribution < -0.4 is 0 Å². The van der Waals surface area contributed by atoms with Crippen LogP contribution in [0.1, 0.15) is 20.7 Å². The molecule has 0 fully saturated rings. The first-order valence-electron chi connectivity index (χ1n) is 6.93. The van der Waals surface area contributed by atoms with Gasteiger partial charge in [0.15, 0.2) is 0 Å². The van der Waals surface area contributed by atoms with Gasteiger partial charge < -0.3 is 13.9 Å². The molecule has 116 valence electrons. The molecule has 0 amide bonds. The molecule has 0 N–H and O–H groups in total. The van der Waals surface area contributed by atoms with Gasteiger partial charge in [-0.3, -0.25) is 0 Å². The summed E-state index contributed by atoms with van der Waals surface area (Å²) in [5, 5.41) is 0.879. The molecule has 0 bridgehead atoms. The van der Waals surface area contributed by atoms with E-state index in [9.17, 15) is 9.59 Å². The lowest BCUT2D eigenvalue weighted by atomic mass is 10.1. The van der Waals surface area contributed by atoms with E-state index in [0.29, 0.717) is 22.5 Å². The number of rotatable bonds is 3. The van der Waals surface area contributed by atoms with Gasteiger partial charge in [-0.2, -0.15) is 0 Å². The maximum atomic E-state index is 11.6. The molecule has 0 atom stereocenters. The molecule has 0 saturated carbocycles. The lowest BCUT2D eigenvalue weighted by Crippen LogP contribution is -2.00. The highest BCUT2D eigenvalue weighted by atomic mass is 16.5. The monoisotopic (exact) mass is 310 g/mol. The summed E-state index contributed by atoms with van der Waals surface area (Å²) in [5.41, 5.74) is 2.33. The van der Waals surface area contributed by atoms with Crippen molar-refractivity contribution in [2.24, 2.45) is 0 Å². The molecule has 5 nitrogen and oxygen atoms in total. The molecular formula is C18H14O5. The largest absolute Gasteiger partial charge is 0.465 e. The quantitative estimate of drug-likeness (QED) is 0.690. The van der Waals surface area contributed by atoms with E-state index < -0.39 is 5.97 Å². The molecule has 0 aliphatic carbocycles. The Hall–Kier alpha value is -3.08. The number of methoxy groups -OCH3 is 2. The Morgan fingerprint density at radius 2 is 1.43 bits per heavy atom. The Balaban J connectivity index is 1.97. The average molecular weight is 310 g/mol. The summed E-state index contributed by atoms with van der Waals surface area (Å²) < 4.78 is 15.2. The van der Waals surface area contributed by atoms with Gasteiger partial charge in [-0.25, -0.2) is 9.59 Å². The number of carbonyl (C=O) groups excluding carboxylic acids is 2. The number of fused-ring (bicyclic) bond motifs is 1. The molecule has 0 radical (unpaired) electrons. The molecule has 2 aromatic carbocycles. The van der Waals surface area contributed by atoms with Crippen LogP contribution in [-0.4, -0.2) is 26.2 Å². The Morgan fingerprint density at radius 1 is 0.826 bits per heavy atom. The van der Waals surface area contributed by atoms with E-state index in [1.54, 1.807) is 42.5 Å². The van der Waals surface area contributed by atoms with Gasteiger partial charge in [0, 0.05) is 10.9 Å². The number of hydrogen-bond donors (Lipinski definition) is 0. The number of hydrogen-bond acceptors (Lipinski definition) is 5. The highest BCUT2D eigenvalue weighted by molar-refractivity contribution is 5.95. The highest BCUT2D eigenvalue weighted by Crippen LogP contribution is 2.29. The van der Waals surface area contributed by atoms with Gasteiger partial charge >= 0.3 is 11.9 Å². The number of esters is 2. The normalized spacial score (nSPS) is 10.5. The second-order valence-electron chi connectivity index (χ2n) is 4.92. The first-order valence-corrected chi connectivity index (χ1v) is 6.93. The molecule has 1 aromatic heterocycles. The van der Waals surface area contributed by atoms with E-state index in [2.05, 4.69) is 4.74 Å². The van der Waals surface area contributed by atoms with E-state index in [0.717, 1.165) is 10.9 Å². The summed E-state index contributed by atoms with van der Waals surface area (Å²) in [6.07, 6.45) is 0. The molecule has 0 saturated heterocycles. The number of furan rings is 1. The summed E-state index contributed by atoms with van der Waals surface area (Å²) in [4.78, 5) is 23.0. The second kappa shape index (κ2) is 5.96. The number of benzene rings is 2. The third-order valence-corrected chi connectivity index (χ3v) is 3.53. The van der Waals surface area contributed by atoms with E-state index in [-0.39, 0.29) is 5.97 Å². The Bertz CT molecular complexity index is 874. The van der Waals surface area contributed by atoms with Crippen LogP contribution >= 0.6 is 0 Å². The van der Waals surface area contributed by atoms with Crippen LogP contribution in [0.15, 0.2) is 52.9 Å². The van der Waals surface area contributed by atoms with Crippen molar-refractivity contribution >= 4 is 22.9 Å². The van der Waals surface area contributed by atoms with Crippen LogP contribution in [0.5, 0.6) is 0 Å². The molecule has 0 spiro atoms. The standard InChI is InChI=1S/C18H14O5/c1-21-17(19)12-5-3-11(4-6-12)15-9-13-7-8-14(18(20)22-2)10-16(13)23-15/h3-10H,1-2H3. The Labute approximate surface area is 132 Å². The van der Waals surface area contributed by atoms with Gasteiger partial charge in [-0.05, 0) is 30.3 Å². The zero-order valence-electron chi connectivity index (χ0n) is 12.7. The maximum absolute atomic E-state index is 11.6. The molecule has 1 heterocycles. The lowest BCUT2D eigenvalue weighted by Gasteiger charge is -2.00. The van der Waals surface area contributed by atoms with Gasteiger partial charge in [-0.15, -0.1) is 0 Å². The van der Waals surface area contributed by atoms with Crippen molar-refractivity contribution in [1.29, 1.82) is 0 Å². The molecule has 0 aliphatic rings. The first-order chi connectivity index (χ1) is 11.1. The smallest absolute Gasteiger partial charge is 0.337 e. The van der Waals surface area contributed by atoms with Gasteiger partial charge in [-0.1, -0.05) is 18.2 Å². The van der Waals surface area contributed by atoms with Gasteiger partial charge in [0.1, 0.15) is 11.3 Å². The minimum atomic E-state index is -0.410. The minimum Gasteiger partial charge on any atom is -0.465 e. The molecule has 23 heavy (non-hydrogen) atoms. The predicted octanol–water partition coefficient (Wildman–Crippen LogP) is 3.67. The number of ether oxygens (including phenoxy) is 2. The maximum Gasteiger partial charge on any atom is 0.337 e. The molecule has 5 heteroatoms. The van der Waals surface area contributed by atoms with Crippen molar-refractivity contribution in [2.45, 2.75) is 0 Å². The fourth-order valence-corrected chi connectivity index (χ4v) is 2.31. The predicted molar refractivity (Wildman–Crippen MR) is 84.3 cm³/mol.